The fourth-order valence-corrected chi connectivity index (χ4v) is 1.50. The van der Waals surface area contributed by atoms with Crippen molar-refractivity contribution in [2.45, 2.75) is 0 Å². The van der Waals surface area contributed by atoms with Crippen molar-refractivity contribution in [2.24, 2.45) is 0 Å². The number of nitrogens with zero attached hydrogens (tertiary/aromatic N) is 4. The summed E-state index contributed by atoms with van der Waals surface area (Å²) in [6.07, 6.45) is 2.79. The molecule has 0 aliphatic rings. The van der Waals surface area contributed by atoms with Gasteiger partial charge in [0.1, 0.15) is 11.9 Å². The van der Waals surface area contributed by atoms with E-state index >= 15 is 0 Å². The van der Waals surface area contributed by atoms with Crippen LogP contribution in [0.25, 0.3) is 17.2 Å². The highest BCUT2D eigenvalue weighted by Crippen LogP contribution is 2.06. The Kier molecular flexibility index (Phi) is 1.74. The van der Waals surface area contributed by atoms with Crippen LogP contribution in [0.3, 0.4) is 0 Å². The summed E-state index contributed by atoms with van der Waals surface area (Å²) < 4.78 is 1.50. The summed E-state index contributed by atoms with van der Waals surface area (Å²) >= 11 is 4.81. The average molecular weight is 235 g/mol. The summed E-state index contributed by atoms with van der Waals surface area (Å²) in [4.78, 5) is 23.7. The zero-order valence-electron chi connectivity index (χ0n) is 7.76. The summed E-state index contributed by atoms with van der Waals surface area (Å²) in [5, 5.41) is 7.96. The minimum Gasteiger partial charge on any atom is -0.281 e. The van der Waals surface area contributed by atoms with Crippen LogP contribution in [0.5, 0.6) is 0 Å². The molecule has 9 heteroatoms. The molecule has 0 aliphatic carbocycles. The third-order valence-corrected chi connectivity index (χ3v) is 2.26. The number of H-pyrrole nitrogens is 3. The maximum absolute atomic E-state index is 11.9. The summed E-state index contributed by atoms with van der Waals surface area (Å²) in [5.74, 6) is 0.661. The van der Waals surface area contributed by atoms with Gasteiger partial charge in [0.15, 0.2) is 5.82 Å². The Morgan fingerprint density at radius 3 is 2.94 bits per heavy atom. The number of nitrogens with one attached hydrogen (secondary N) is 3. The fourth-order valence-electron chi connectivity index (χ4n) is 1.36. The zero-order chi connectivity index (χ0) is 11.1. The molecule has 16 heavy (non-hydrogen) atoms. The van der Waals surface area contributed by atoms with Crippen LogP contribution in [0.2, 0.25) is 0 Å². The zero-order valence-corrected chi connectivity index (χ0v) is 8.58. The first-order valence-electron chi connectivity index (χ1n) is 4.32. The molecule has 0 saturated heterocycles. The Balaban J connectivity index is 2.36. The second kappa shape index (κ2) is 3.10. The lowest BCUT2D eigenvalue weighted by molar-refractivity contribution is 0.897. The standard InChI is InChI=1S/C7H5N7OS/c15-5-3(4-11-7(16)13-12-4)1-8-6-9-2-10-14(5)6/h1-2H,(H,8,9,10)(H2,11,12,13,16). The van der Waals surface area contributed by atoms with Crippen LogP contribution >= 0.6 is 12.2 Å². The van der Waals surface area contributed by atoms with E-state index in [1.165, 1.54) is 17.0 Å². The van der Waals surface area contributed by atoms with E-state index in [1.54, 1.807) is 0 Å². The lowest BCUT2D eigenvalue weighted by atomic mass is 10.3. The Bertz CT molecular complexity index is 762. The molecule has 80 valence electrons. The predicted molar refractivity (Wildman–Crippen MR) is 56.4 cm³/mol. The van der Waals surface area contributed by atoms with Crippen LogP contribution in [-0.2, 0) is 0 Å². The Labute approximate surface area is 92.4 Å². The molecule has 3 N–H and O–H groups in total. The molecule has 8 nitrogen and oxygen atoms in total. The molecule has 0 unspecified atom stereocenters. The number of aromatic nitrogens is 7. The molecule has 3 aromatic rings. The summed E-state index contributed by atoms with van der Waals surface area (Å²) in [6, 6.07) is 0. The van der Waals surface area contributed by atoms with Gasteiger partial charge in [0, 0.05) is 6.20 Å². The van der Waals surface area contributed by atoms with Gasteiger partial charge in [0.25, 0.3) is 11.3 Å². The molecule has 3 aromatic heterocycles. The molecule has 0 aliphatic heterocycles. The predicted octanol–water partition coefficient (Wildman–Crippen LogP) is -0.135. The van der Waals surface area contributed by atoms with Gasteiger partial charge < -0.3 is 0 Å². The minimum atomic E-state index is -0.291. The van der Waals surface area contributed by atoms with Crippen molar-refractivity contribution in [2.75, 3.05) is 0 Å². The van der Waals surface area contributed by atoms with Crippen molar-refractivity contribution >= 4 is 18.0 Å². The first-order valence-corrected chi connectivity index (χ1v) is 4.73. The number of rotatable bonds is 1. The van der Waals surface area contributed by atoms with E-state index in [2.05, 4.69) is 30.2 Å². The maximum atomic E-state index is 11.9. The van der Waals surface area contributed by atoms with Crippen molar-refractivity contribution in [3.63, 3.8) is 0 Å². The minimum absolute atomic E-state index is 0.282. The Hall–Kier alpha value is -2.29. The smallest absolute Gasteiger partial charge is 0.281 e. The third-order valence-electron chi connectivity index (χ3n) is 2.07. The molecular weight excluding hydrogens is 230 g/mol. The van der Waals surface area contributed by atoms with Gasteiger partial charge >= 0.3 is 0 Å². The maximum Gasteiger partial charge on any atom is 0.285 e. The van der Waals surface area contributed by atoms with Crippen LogP contribution < -0.4 is 5.56 Å². The van der Waals surface area contributed by atoms with Crippen molar-refractivity contribution in [3.05, 3.63) is 27.6 Å². The van der Waals surface area contributed by atoms with Crippen LogP contribution in [-0.4, -0.2) is 34.8 Å². The second-order valence-corrected chi connectivity index (χ2v) is 3.40. The van der Waals surface area contributed by atoms with Gasteiger partial charge in [0.2, 0.25) is 4.77 Å². The monoisotopic (exact) mass is 235 g/mol. The van der Waals surface area contributed by atoms with E-state index < -0.39 is 0 Å². The van der Waals surface area contributed by atoms with Gasteiger partial charge in [-0.1, -0.05) is 0 Å². The van der Waals surface area contributed by atoms with Gasteiger partial charge in [-0.15, -0.1) is 0 Å². The molecular formula is C7H5N7OS. The van der Waals surface area contributed by atoms with Crippen LogP contribution in [0, 0.1) is 4.77 Å². The van der Waals surface area contributed by atoms with Crippen molar-refractivity contribution in [1.82, 2.24) is 34.8 Å². The van der Waals surface area contributed by atoms with Crippen molar-refractivity contribution in [3.8, 4) is 11.4 Å². The summed E-state index contributed by atoms with van der Waals surface area (Å²) in [5.41, 5.74) is 0.0225. The molecule has 0 radical (unpaired) electrons. The van der Waals surface area contributed by atoms with E-state index in [4.69, 9.17) is 12.2 Å². The molecule has 3 heterocycles. The van der Waals surface area contributed by atoms with Gasteiger partial charge in [-0.3, -0.25) is 20.1 Å². The third kappa shape index (κ3) is 1.18. The van der Waals surface area contributed by atoms with Crippen molar-refractivity contribution in [1.29, 1.82) is 0 Å². The normalized spacial score (nSPS) is 11.0. The largest absolute Gasteiger partial charge is 0.285 e. The van der Waals surface area contributed by atoms with E-state index in [9.17, 15) is 4.79 Å². The van der Waals surface area contributed by atoms with Crippen LogP contribution in [0.4, 0.5) is 0 Å². The van der Waals surface area contributed by atoms with Crippen LogP contribution in [0.1, 0.15) is 0 Å². The second-order valence-electron chi connectivity index (χ2n) is 3.02. The van der Waals surface area contributed by atoms with E-state index in [0.29, 0.717) is 17.2 Å². The number of fused-ring (bicyclic) bond motifs is 1. The molecule has 0 aromatic carbocycles. The van der Waals surface area contributed by atoms with Gasteiger partial charge in [0.05, 0.1) is 0 Å². The fraction of sp³-hybridized carbons (Fsp3) is 0. The highest BCUT2D eigenvalue weighted by atomic mass is 32.1. The number of aromatic amines is 3. The Morgan fingerprint density at radius 1 is 1.31 bits per heavy atom. The SMILES string of the molecule is O=c1c(-c2nc(=S)[nH][nH]2)cnc2nc[nH]n12. The molecule has 0 spiro atoms. The summed E-state index contributed by atoms with van der Waals surface area (Å²) in [6.45, 7) is 0. The van der Waals surface area contributed by atoms with Gasteiger partial charge in [-0.25, -0.2) is 9.97 Å². The van der Waals surface area contributed by atoms with Crippen LogP contribution in [0.15, 0.2) is 17.3 Å². The number of hydrogen-bond acceptors (Lipinski definition) is 5. The summed E-state index contributed by atoms with van der Waals surface area (Å²) in [7, 11) is 0. The molecule has 0 bridgehead atoms. The molecule has 0 amide bonds. The first-order chi connectivity index (χ1) is 7.75. The number of hydrogen-bond donors (Lipinski definition) is 3. The lowest BCUT2D eigenvalue weighted by Gasteiger charge is -1.95. The van der Waals surface area contributed by atoms with Gasteiger partial charge in [-0.2, -0.15) is 9.50 Å². The molecule has 0 fully saturated rings. The first kappa shape index (κ1) is 8.97. The highest BCUT2D eigenvalue weighted by Gasteiger charge is 2.10. The Morgan fingerprint density at radius 2 is 2.19 bits per heavy atom. The highest BCUT2D eigenvalue weighted by molar-refractivity contribution is 7.71. The van der Waals surface area contributed by atoms with E-state index in [1.807, 2.05) is 0 Å². The van der Waals surface area contributed by atoms with E-state index in [-0.39, 0.29) is 10.3 Å². The molecule has 0 atom stereocenters. The van der Waals surface area contributed by atoms with Gasteiger partial charge in [-0.05, 0) is 12.2 Å². The topological polar surface area (TPSA) is 108 Å². The lowest BCUT2D eigenvalue weighted by Crippen LogP contribution is -2.17. The molecule has 0 saturated carbocycles. The average Bonchev–Trinajstić information content (AvgIpc) is 2.87. The van der Waals surface area contributed by atoms with E-state index in [0.717, 1.165) is 0 Å². The molecule has 3 rings (SSSR count). The van der Waals surface area contributed by atoms with Crippen molar-refractivity contribution < 1.29 is 0 Å². The quantitative estimate of drug-likeness (QED) is 0.509.